The van der Waals surface area contributed by atoms with Crippen molar-refractivity contribution in [3.8, 4) is 0 Å². The maximum absolute atomic E-state index is 12.8. The van der Waals surface area contributed by atoms with E-state index in [4.69, 9.17) is 11.6 Å². The maximum Gasteiger partial charge on any atom is 0.255 e. The van der Waals surface area contributed by atoms with Gasteiger partial charge in [0.2, 0.25) is 5.91 Å². The molecule has 1 aliphatic carbocycles. The minimum absolute atomic E-state index is 0.0659. The van der Waals surface area contributed by atoms with Gasteiger partial charge in [0.15, 0.2) is 5.13 Å². The summed E-state index contributed by atoms with van der Waals surface area (Å²) in [6.45, 7) is 1.09. The van der Waals surface area contributed by atoms with Crippen LogP contribution in [0, 0.1) is 5.92 Å². The monoisotopic (exact) mass is 453 g/mol. The number of hydrogen-bond donors (Lipinski definition) is 1. The van der Waals surface area contributed by atoms with Gasteiger partial charge >= 0.3 is 0 Å². The number of nitrogens with one attached hydrogen (secondary N) is 1. The largest absolute Gasteiger partial charge is 0.333 e. The molecule has 0 atom stereocenters. The number of amides is 2. The van der Waals surface area contributed by atoms with Gasteiger partial charge in [-0.3, -0.25) is 9.59 Å². The molecule has 0 saturated heterocycles. The number of nitrogens with zero attached hydrogens (tertiary/aromatic N) is 2. The van der Waals surface area contributed by atoms with Crippen LogP contribution in [0.5, 0.6) is 0 Å². The molecule has 2 aliphatic rings. The van der Waals surface area contributed by atoms with Gasteiger partial charge in [0, 0.05) is 28.2 Å². The lowest BCUT2D eigenvalue weighted by Crippen LogP contribution is -2.35. The zero-order valence-electron chi connectivity index (χ0n) is 13.9. The van der Waals surface area contributed by atoms with Gasteiger partial charge < -0.3 is 10.2 Å². The van der Waals surface area contributed by atoms with Crippen LogP contribution in [0.2, 0.25) is 5.02 Å². The van der Waals surface area contributed by atoms with Crippen molar-refractivity contribution in [2.45, 2.75) is 32.2 Å². The lowest BCUT2D eigenvalue weighted by molar-refractivity contribution is -0.122. The molecule has 136 valence electrons. The van der Waals surface area contributed by atoms with E-state index in [0.717, 1.165) is 34.3 Å². The van der Waals surface area contributed by atoms with Gasteiger partial charge in [-0.1, -0.05) is 45.3 Å². The number of anilines is 1. The fourth-order valence-electron chi connectivity index (χ4n) is 3.13. The predicted molar refractivity (Wildman–Crippen MR) is 106 cm³/mol. The molecule has 1 aromatic carbocycles. The molecule has 1 aliphatic heterocycles. The lowest BCUT2D eigenvalue weighted by atomic mass is 9.85. The number of fused-ring (bicyclic) bond motifs is 1. The van der Waals surface area contributed by atoms with Crippen molar-refractivity contribution in [2.75, 3.05) is 11.9 Å². The Labute approximate surface area is 168 Å². The molecule has 1 saturated carbocycles. The van der Waals surface area contributed by atoms with E-state index in [0.29, 0.717) is 35.2 Å². The second-order valence-electron chi connectivity index (χ2n) is 6.61. The molecule has 8 heteroatoms. The molecule has 26 heavy (non-hydrogen) atoms. The van der Waals surface area contributed by atoms with Crippen molar-refractivity contribution in [1.82, 2.24) is 9.88 Å². The van der Waals surface area contributed by atoms with Gasteiger partial charge in [-0.25, -0.2) is 4.98 Å². The maximum atomic E-state index is 12.8. The molecule has 2 heterocycles. The Morgan fingerprint density at radius 3 is 2.88 bits per heavy atom. The number of carbonyl (C=O) groups is 2. The minimum atomic E-state index is -0.0876. The molecule has 2 amide bonds. The second kappa shape index (κ2) is 7.29. The van der Waals surface area contributed by atoms with Crippen LogP contribution in [-0.2, 0) is 17.8 Å². The molecule has 2 aromatic rings. The van der Waals surface area contributed by atoms with E-state index in [1.807, 2.05) is 6.07 Å². The first kappa shape index (κ1) is 17.9. The van der Waals surface area contributed by atoms with Crippen LogP contribution >= 0.6 is 38.9 Å². The zero-order chi connectivity index (χ0) is 18.3. The van der Waals surface area contributed by atoms with Crippen LogP contribution in [0.25, 0.3) is 0 Å². The van der Waals surface area contributed by atoms with Crippen molar-refractivity contribution in [1.29, 1.82) is 0 Å². The fourth-order valence-corrected chi connectivity index (χ4v) is 4.72. The molecule has 0 spiro atoms. The Balaban J connectivity index is 1.48. The molecule has 1 aromatic heterocycles. The van der Waals surface area contributed by atoms with Crippen molar-refractivity contribution in [3.05, 3.63) is 43.8 Å². The van der Waals surface area contributed by atoms with Crippen molar-refractivity contribution in [3.63, 3.8) is 0 Å². The van der Waals surface area contributed by atoms with Crippen LogP contribution in [0.3, 0.4) is 0 Å². The Kier molecular flexibility index (Phi) is 5.03. The number of carbonyl (C=O) groups excluding carboxylic acids is 2. The SMILES string of the molecule is O=C(Nc1nc2c(s1)CN(C(=O)c1cc(Br)ccc1Cl)CC2)C1CCC1. The van der Waals surface area contributed by atoms with E-state index in [-0.39, 0.29) is 17.7 Å². The van der Waals surface area contributed by atoms with Gasteiger partial charge in [0.05, 0.1) is 22.8 Å². The van der Waals surface area contributed by atoms with E-state index in [1.54, 1.807) is 17.0 Å². The first-order chi connectivity index (χ1) is 12.5. The summed E-state index contributed by atoms with van der Waals surface area (Å²) < 4.78 is 0.821. The van der Waals surface area contributed by atoms with Gasteiger partial charge in [0.25, 0.3) is 5.91 Å². The number of thiazole rings is 1. The molecular formula is C18H17BrClN3O2S. The molecule has 0 unspecified atom stereocenters. The molecule has 5 nitrogen and oxygen atoms in total. The summed E-state index contributed by atoms with van der Waals surface area (Å²) in [6, 6.07) is 5.28. The summed E-state index contributed by atoms with van der Waals surface area (Å²) in [5, 5.41) is 4.02. The predicted octanol–water partition coefficient (Wildman–Crippen LogP) is 4.50. The number of rotatable bonds is 3. The number of aromatic nitrogens is 1. The third-order valence-electron chi connectivity index (χ3n) is 4.88. The average molecular weight is 455 g/mol. The van der Waals surface area contributed by atoms with Crippen LogP contribution < -0.4 is 5.32 Å². The summed E-state index contributed by atoms with van der Waals surface area (Å²) in [6.07, 6.45) is 3.74. The summed E-state index contributed by atoms with van der Waals surface area (Å²) in [5.41, 5.74) is 1.47. The molecule has 0 radical (unpaired) electrons. The minimum Gasteiger partial charge on any atom is -0.333 e. The van der Waals surface area contributed by atoms with Gasteiger partial charge in [-0.2, -0.15) is 0 Å². The zero-order valence-corrected chi connectivity index (χ0v) is 17.1. The van der Waals surface area contributed by atoms with Crippen LogP contribution in [0.1, 0.15) is 40.2 Å². The number of benzene rings is 1. The van der Waals surface area contributed by atoms with Crippen LogP contribution in [0.15, 0.2) is 22.7 Å². The molecule has 1 fully saturated rings. The van der Waals surface area contributed by atoms with E-state index in [2.05, 4.69) is 26.2 Å². The highest BCUT2D eigenvalue weighted by molar-refractivity contribution is 9.10. The third kappa shape index (κ3) is 3.52. The summed E-state index contributed by atoms with van der Waals surface area (Å²) in [5.74, 6) is 0.110. The fraction of sp³-hybridized carbons (Fsp3) is 0.389. The topological polar surface area (TPSA) is 62.3 Å². The number of hydrogen-bond acceptors (Lipinski definition) is 4. The van der Waals surface area contributed by atoms with Gasteiger partial charge in [-0.15, -0.1) is 0 Å². The highest BCUT2D eigenvalue weighted by atomic mass is 79.9. The Morgan fingerprint density at radius 2 is 2.15 bits per heavy atom. The second-order valence-corrected chi connectivity index (χ2v) is 9.01. The third-order valence-corrected chi connectivity index (χ3v) is 6.70. The summed E-state index contributed by atoms with van der Waals surface area (Å²) in [7, 11) is 0. The smallest absolute Gasteiger partial charge is 0.255 e. The van der Waals surface area contributed by atoms with E-state index < -0.39 is 0 Å². The van der Waals surface area contributed by atoms with E-state index >= 15 is 0 Å². The molecule has 0 bridgehead atoms. The first-order valence-corrected chi connectivity index (χ1v) is 10.5. The summed E-state index contributed by atoms with van der Waals surface area (Å²) in [4.78, 5) is 32.3. The summed E-state index contributed by atoms with van der Waals surface area (Å²) >= 11 is 11.0. The molecule has 1 N–H and O–H groups in total. The van der Waals surface area contributed by atoms with E-state index in [9.17, 15) is 9.59 Å². The normalized spacial score (nSPS) is 16.8. The van der Waals surface area contributed by atoms with Crippen molar-refractivity contribution < 1.29 is 9.59 Å². The van der Waals surface area contributed by atoms with Crippen LogP contribution in [0.4, 0.5) is 5.13 Å². The highest BCUT2D eigenvalue weighted by Crippen LogP contribution is 2.32. The first-order valence-electron chi connectivity index (χ1n) is 8.55. The lowest BCUT2D eigenvalue weighted by Gasteiger charge is -2.26. The quantitative estimate of drug-likeness (QED) is 0.743. The van der Waals surface area contributed by atoms with Gasteiger partial charge in [-0.05, 0) is 31.0 Å². The molecular weight excluding hydrogens is 438 g/mol. The average Bonchev–Trinajstić information content (AvgIpc) is 2.95. The highest BCUT2D eigenvalue weighted by Gasteiger charge is 2.29. The standard InChI is InChI=1S/C18H17BrClN3O2S/c19-11-4-5-13(20)12(8-11)17(25)23-7-6-14-15(9-23)26-18(21-14)22-16(24)10-2-1-3-10/h4-5,8,10H,1-3,6-7,9H2,(H,21,22,24). The van der Waals surface area contributed by atoms with Crippen molar-refractivity contribution >= 4 is 55.8 Å². The van der Waals surface area contributed by atoms with E-state index in [1.165, 1.54) is 11.3 Å². The number of halogens is 2. The van der Waals surface area contributed by atoms with Gasteiger partial charge in [0.1, 0.15) is 0 Å². The van der Waals surface area contributed by atoms with Crippen molar-refractivity contribution in [2.24, 2.45) is 5.92 Å². The Bertz CT molecular complexity index is 881. The van der Waals surface area contributed by atoms with Crippen LogP contribution in [-0.4, -0.2) is 28.2 Å². The molecule has 4 rings (SSSR count). The Hall–Kier alpha value is -1.44. The Morgan fingerprint density at radius 1 is 1.35 bits per heavy atom.